The van der Waals surface area contributed by atoms with Gasteiger partial charge in [-0.25, -0.2) is 4.39 Å². The predicted octanol–water partition coefficient (Wildman–Crippen LogP) is 5.05. The summed E-state index contributed by atoms with van der Waals surface area (Å²) in [5, 5.41) is 9.47. The van der Waals surface area contributed by atoms with E-state index < -0.39 is 0 Å². The average Bonchev–Trinajstić information content (AvgIpc) is 2.55. The van der Waals surface area contributed by atoms with E-state index in [9.17, 15) is 9.50 Å². The normalized spacial score (nSPS) is 24.8. The second-order valence-electron chi connectivity index (χ2n) is 6.74. The van der Waals surface area contributed by atoms with Crippen LogP contribution in [0.4, 0.5) is 4.39 Å². The van der Waals surface area contributed by atoms with Gasteiger partial charge in [-0.15, -0.1) is 0 Å². The molecular formula is C20H23FO2. The Kier molecular flexibility index (Phi) is 4.67. The molecular weight excluding hydrogens is 291 g/mol. The van der Waals surface area contributed by atoms with Crippen LogP contribution in [-0.2, 0) is 4.74 Å². The summed E-state index contributed by atoms with van der Waals surface area (Å²) in [6.45, 7) is 5.00. The minimum absolute atomic E-state index is 0.0282. The van der Waals surface area contributed by atoms with Crippen molar-refractivity contribution in [2.24, 2.45) is 11.8 Å². The number of benzene rings is 2. The lowest BCUT2D eigenvalue weighted by Gasteiger charge is -2.39. The highest BCUT2D eigenvalue weighted by atomic mass is 19.1. The van der Waals surface area contributed by atoms with E-state index in [1.807, 2.05) is 18.2 Å². The molecule has 0 unspecified atom stereocenters. The van der Waals surface area contributed by atoms with Crippen molar-refractivity contribution in [3.8, 4) is 5.75 Å². The zero-order valence-electron chi connectivity index (χ0n) is 13.6. The first-order valence-corrected chi connectivity index (χ1v) is 8.20. The highest BCUT2D eigenvalue weighted by Crippen LogP contribution is 2.43. The fourth-order valence-corrected chi connectivity index (χ4v) is 3.49. The zero-order valence-corrected chi connectivity index (χ0v) is 13.6. The SMILES string of the molecule is CC(C)[C@@H]1C[C@H](c2cccc(F)c2)CO[C@H]1c1ccc(O)cc1. The van der Waals surface area contributed by atoms with Crippen molar-refractivity contribution in [1.82, 2.24) is 0 Å². The van der Waals surface area contributed by atoms with Crippen LogP contribution in [0.1, 0.15) is 43.4 Å². The molecule has 0 aliphatic carbocycles. The molecule has 122 valence electrons. The second-order valence-corrected chi connectivity index (χ2v) is 6.74. The topological polar surface area (TPSA) is 29.5 Å². The Hall–Kier alpha value is -1.87. The van der Waals surface area contributed by atoms with Gasteiger partial charge in [0.25, 0.3) is 0 Å². The van der Waals surface area contributed by atoms with Crippen molar-refractivity contribution in [2.75, 3.05) is 6.61 Å². The third-order valence-electron chi connectivity index (χ3n) is 4.82. The van der Waals surface area contributed by atoms with Crippen LogP contribution in [0.15, 0.2) is 48.5 Å². The number of hydrogen-bond donors (Lipinski definition) is 1. The quantitative estimate of drug-likeness (QED) is 0.859. The molecule has 1 fully saturated rings. The van der Waals surface area contributed by atoms with Crippen LogP contribution in [0.3, 0.4) is 0 Å². The van der Waals surface area contributed by atoms with Crippen LogP contribution in [0.5, 0.6) is 5.75 Å². The van der Waals surface area contributed by atoms with Crippen molar-refractivity contribution >= 4 is 0 Å². The third kappa shape index (κ3) is 3.56. The van der Waals surface area contributed by atoms with Gasteiger partial charge in [-0.3, -0.25) is 0 Å². The van der Waals surface area contributed by atoms with Gasteiger partial charge in [0.1, 0.15) is 11.6 Å². The molecule has 0 amide bonds. The highest BCUT2D eigenvalue weighted by molar-refractivity contribution is 5.29. The highest BCUT2D eigenvalue weighted by Gasteiger charge is 2.34. The van der Waals surface area contributed by atoms with Gasteiger partial charge in [-0.1, -0.05) is 38.1 Å². The molecule has 1 saturated heterocycles. The number of halogens is 1. The molecule has 0 bridgehead atoms. The predicted molar refractivity (Wildman–Crippen MR) is 88.9 cm³/mol. The molecule has 2 nitrogen and oxygen atoms in total. The fourth-order valence-electron chi connectivity index (χ4n) is 3.49. The van der Waals surface area contributed by atoms with Gasteiger partial charge < -0.3 is 9.84 Å². The van der Waals surface area contributed by atoms with Crippen molar-refractivity contribution in [1.29, 1.82) is 0 Å². The average molecular weight is 314 g/mol. The number of phenolic OH excluding ortho intramolecular Hbond substituents is 1. The first-order chi connectivity index (χ1) is 11.0. The van der Waals surface area contributed by atoms with Crippen molar-refractivity contribution < 1.29 is 14.2 Å². The smallest absolute Gasteiger partial charge is 0.123 e. The Labute approximate surface area is 136 Å². The summed E-state index contributed by atoms with van der Waals surface area (Å²) >= 11 is 0. The fraction of sp³-hybridized carbons (Fsp3) is 0.400. The molecule has 0 aromatic heterocycles. The molecule has 3 rings (SSSR count). The van der Waals surface area contributed by atoms with Gasteiger partial charge >= 0.3 is 0 Å². The Morgan fingerprint density at radius 2 is 1.83 bits per heavy atom. The zero-order chi connectivity index (χ0) is 16.4. The maximum absolute atomic E-state index is 13.5. The van der Waals surface area contributed by atoms with Crippen LogP contribution >= 0.6 is 0 Å². The molecule has 2 aromatic carbocycles. The van der Waals surface area contributed by atoms with Crippen LogP contribution in [0.2, 0.25) is 0 Å². The molecule has 1 heterocycles. The van der Waals surface area contributed by atoms with Crippen molar-refractivity contribution in [3.05, 3.63) is 65.5 Å². The lowest BCUT2D eigenvalue weighted by atomic mass is 9.76. The van der Waals surface area contributed by atoms with Crippen LogP contribution < -0.4 is 0 Å². The summed E-state index contributed by atoms with van der Waals surface area (Å²) in [6.07, 6.45) is 1.01. The third-order valence-corrected chi connectivity index (χ3v) is 4.82. The van der Waals surface area contributed by atoms with Gasteiger partial charge in [0.05, 0.1) is 12.7 Å². The molecule has 3 heteroatoms. The number of aromatic hydroxyl groups is 1. The Morgan fingerprint density at radius 1 is 1.09 bits per heavy atom. The van der Waals surface area contributed by atoms with E-state index >= 15 is 0 Å². The molecule has 2 aromatic rings. The molecule has 3 atom stereocenters. The van der Waals surface area contributed by atoms with E-state index in [1.54, 1.807) is 24.3 Å². The second kappa shape index (κ2) is 6.71. The van der Waals surface area contributed by atoms with Gasteiger partial charge in [-0.05, 0) is 53.6 Å². The minimum atomic E-state index is -0.191. The van der Waals surface area contributed by atoms with E-state index in [1.165, 1.54) is 6.07 Å². The molecule has 1 N–H and O–H groups in total. The van der Waals surface area contributed by atoms with Gasteiger partial charge in [0, 0.05) is 5.92 Å². The summed E-state index contributed by atoms with van der Waals surface area (Å²) in [7, 11) is 0. The number of phenols is 1. The number of ether oxygens (including phenoxy) is 1. The summed E-state index contributed by atoms with van der Waals surface area (Å²) in [5.41, 5.74) is 2.11. The van der Waals surface area contributed by atoms with E-state index in [0.717, 1.165) is 17.5 Å². The summed E-state index contributed by atoms with van der Waals surface area (Å²) < 4.78 is 19.7. The van der Waals surface area contributed by atoms with E-state index in [-0.39, 0.29) is 23.6 Å². The van der Waals surface area contributed by atoms with Crippen molar-refractivity contribution in [3.63, 3.8) is 0 Å². The van der Waals surface area contributed by atoms with Crippen LogP contribution in [0.25, 0.3) is 0 Å². The van der Waals surface area contributed by atoms with E-state index in [2.05, 4.69) is 13.8 Å². The Bertz CT molecular complexity index is 651. The number of rotatable bonds is 3. The number of hydrogen-bond acceptors (Lipinski definition) is 2. The van der Waals surface area contributed by atoms with Gasteiger partial charge in [-0.2, -0.15) is 0 Å². The monoisotopic (exact) mass is 314 g/mol. The van der Waals surface area contributed by atoms with Gasteiger partial charge in [0.2, 0.25) is 0 Å². The standard InChI is InChI=1S/C20H23FO2/c1-13(2)19-11-16(15-4-3-5-17(21)10-15)12-23-20(19)14-6-8-18(22)9-7-14/h3-10,13,16,19-20,22H,11-12H2,1-2H3/t16-,19-,20-/m0/s1. The largest absolute Gasteiger partial charge is 0.508 e. The Morgan fingerprint density at radius 3 is 2.48 bits per heavy atom. The molecule has 1 aliphatic rings. The molecule has 0 radical (unpaired) electrons. The maximum atomic E-state index is 13.5. The van der Waals surface area contributed by atoms with E-state index in [0.29, 0.717) is 18.4 Å². The van der Waals surface area contributed by atoms with Crippen LogP contribution in [0, 0.1) is 17.7 Å². The summed E-state index contributed by atoms with van der Waals surface area (Å²) in [6, 6.07) is 14.1. The first-order valence-electron chi connectivity index (χ1n) is 8.20. The maximum Gasteiger partial charge on any atom is 0.123 e. The Balaban J connectivity index is 1.82. The van der Waals surface area contributed by atoms with E-state index in [4.69, 9.17) is 4.74 Å². The van der Waals surface area contributed by atoms with Crippen molar-refractivity contribution in [2.45, 2.75) is 32.3 Å². The van der Waals surface area contributed by atoms with Gasteiger partial charge in [0.15, 0.2) is 0 Å². The lowest BCUT2D eigenvalue weighted by Crippen LogP contribution is -2.31. The minimum Gasteiger partial charge on any atom is -0.508 e. The molecule has 0 spiro atoms. The molecule has 23 heavy (non-hydrogen) atoms. The molecule has 1 aliphatic heterocycles. The summed E-state index contributed by atoms with van der Waals surface area (Å²) in [5.74, 6) is 1.13. The summed E-state index contributed by atoms with van der Waals surface area (Å²) in [4.78, 5) is 0. The molecule has 0 saturated carbocycles. The van der Waals surface area contributed by atoms with Crippen LogP contribution in [-0.4, -0.2) is 11.7 Å². The first kappa shape index (κ1) is 16.0. The lowest BCUT2D eigenvalue weighted by molar-refractivity contribution is -0.0552.